The Labute approximate surface area is 122 Å². The topological polar surface area (TPSA) is 49.8 Å². The average Bonchev–Trinajstić information content (AvgIpc) is 2.41. The highest BCUT2D eigenvalue weighted by Gasteiger charge is 2.06. The van der Waals surface area contributed by atoms with E-state index in [1.54, 1.807) is 23.9 Å². The number of nitrogen functional groups attached to an aromatic ring is 1. The number of benzene rings is 2. The molecule has 19 heavy (non-hydrogen) atoms. The molecule has 0 fully saturated rings. The van der Waals surface area contributed by atoms with Crippen LogP contribution in [0.2, 0.25) is 5.02 Å². The van der Waals surface area contributed by atoms with Crippen molar-refractivity contribution in [1.29, 1.82) is 5.26 Å². The largest absolute Gasteiger partial charge is 0.398 e. The molecule has 0 saturated heterocycles. The Morgan fingerprint density at radius 3 is 2.79 bits per heavy atom. The molecule has 2 aromatic carbocycles. The lowest BCUT2D eigenvalue weighted by atomic mass is 10.2. The third-order valence-corrected chi connectivity index (χ3v) is 4.32. The molecule has 2 aromatic rings. The van der Waals surface area contributed by atoms with E-state index in [1.165, 1.54) is 0 Å². The second-order valence-electron chi connectivity index (χ2n) is 4.19. The highest BCUT2D eigenvalue weighted by atomic mass is 35.5. The van der Waals surface area contributed by atoms with Crippen molar-refractivity contribution in [3.63, 3.8) is 0 Å². The summed E-state index contributed by atoms with van der Waals surface area (Å²) in [6.45, 7) is 1.99. The van der Waals surface area contributed by atoms with Crippen molar-refractivity contribution >= 4 is 29.1 Å². The van der Waals surface area contributed by atoms with Gasteiger partial charge in [0.2, 0.25) is 0 Å². The predicted octanol–water partition coefficient (Wildman–Crippen LogP) is 4.39. The number of nitrogens with two attached hydrogens (primary N) is 1. The van der Waals surface area contributed by atoms with Gasteiger partial charge >= 0.3 is 0 Å². The molecule has 0 aromatic heterocycles. The van der Waals surface area contributed by atoms with Crippen LogP contribution in [-0.4, -0.2) is 0 Å². The van der Waals surface area contributed by atoms with Crippen LogP contribution in [0.5, 0.6) is 0 Å². The quantitative estimate of drug-likeness (QED) is 0.673. The molecule has 0 bridgehead atoms. The Morgan fingerprint density at radius 1 is 1.32 bits per heavy atom. The molecule has 2 N–H and O–H groups in total. The normalized spacial score (nSPS) is 10.2. The second-order valence-corrected chi connectivity index (χ2v) is 5.62. The third kappa shape index (κ3) is 3.23. The van der Waals surface area contributed by atoms with Crippen molar-refractivity contribution in [2.75, 3.05) is 5.73 Å². The number of nitriles is 1. The molecule has 0 aliphatic carbocycles. The number of hydrogen-bond donors (Lipinski definition) is 1. The standard InChI is InChI=1S/C15H13ClN2S/c1-10-3-2-4-14(15(10)18)19-9-12-6-5-11(8-17)7-13(12)16/h2-7H,9,18H2,1H3. The molecule has 0 aliphatic rings. The molecule has 96 valence electrons. The molecule has 0 heterocycles. The number of hydrogen-bond acceptors (Lipinski definition) is 3. The first-order valence-corrected chi connectivity index (χ1v) is 7.14. The summed E-state index contributed by atoms with van der Waals surface area (Å²) in [5, 5.41) is 9.42. The fourth-order valence-corrected chi connectivity index (χ4v) is 3.05. The van der Waals surface area contributed by atoms with E-state index in [0.29, 0.717) is 10.6 Å². The second kappa shape index (κ2) is 6.01. The van der Waals surface area contributed by atoms with Crippen LogP contribution in [0.1, 0.15) is 16.7 Å². The molecule has 2 rings (SSSR count). The summed E-state index contributed by atoms with van der Waals surface area (Å²) < 4.78 is 0. The lowest BCUT2D eigenvalue weighted by molar-refractivity contribution is 1.34. The number of rotatable bonds is 3. The number of para-hydroxylation sites is 1. The Morgan fingerprint density at radius 2 is 2.11 bits per heavy atom. The van der Waals surface area contributed by atoms with Gasteiger partial charge in [0.25, 0.3) is 0 Å². The van der Waals surface area contributed by atoms with Crippen LogP contribution in [0.3, 0.4) is 0 Å². The van der Waals surface area contributed by atoms with Gasteiger partial charge in [-0.2, -0.15) is 5.26 Å². The SMILES string of the molecule is Cc1cccc(SCc2ccc(C#N)cc2Cl)c1N. The van der Waals surface area contributed by atoms with Crippen molar-refractivity contribution in [2.45, 2.75) is 17.6 Å². The Kier molecular flexibility index (Phi) is 4.36. The maximum atomic E-state index is 8.80. The first kappa shape index (κ1) is 13.8. The van der Waals surface area contributed by atoms with E-state index >= 15 is 0 Å². The molecular formula is C15H13ClN2S. The molecular weight excluding hydrogens is 276 g/mol. The molecule has 4 heteroatoms. The average molecular weight is 289 g/mol. The van der Waals surface area contributed by atoms with E-state index < -0.39 is 0 Å². The number of halogens is 1. The van der Waals surface area contributed by atoms with E-state index in [0.717, 1.165) is 27.5 Å². The summed E-state index contributed by atoms with van der Waals surface area (Å²) in [7, 11) is 0. The lowest BCUT2D eigenvalue weighted by Gasteiger charge is -2.09. The zero-order chi connectivity index (χ0) is 13.8. The first-order valence-electron chi connectivity index (χ1n) is 5.78. The van der Waals surface area contributed by atoms with E-state index in [1.807, 2.05) is 31.2 Å². The molecule has 0 radical (unpaired) electrons. The van der Waals surface area contributed by atoms with Crippen molar-refractivity contribution in [1.82, 2.24) is 0 Å². The predicted molar refractivity (Wildman–Crippen MR) is 81.3 cm³/mol. The van der Waals surface area contributed by atoms with Gasteiger partial charge in [0, 0.05) is 21.4 Å². The minimum absolute atomic E-state index is 0.578. The third-order valence-electron chi connectivity index (χ3n) is 2.85. The summed E-state index contributed by atoms with van der Waals surface area (Å²) in [6.07, 6.45) is 0. The molecule has 0 amide bonds. The van der Waals surface area contributed by atoms with Crippen molar-refractivity contribution in [2.24, 2.45) is 0 Å². The zero-order valence-electron chi connectivity index (χ0n) is 10.5. The van der Waals surface area contributed by atoms with Crippen molar-refractivity contribution in [3.8, 4) is 6.07 Å². The minimum atomic E-state index is 0.578. The summed E-state index contributed by atoms with van der Waals surface area (Å²) in [6, 6.07) is 13.4. The smallest absolute Gasteiger partial charge is 0.0992 e. The van der Waals surface area contributed by atoms with E-state index in [2.05, 4.69) is 6.07 Å². The van der Waals surface area contributed by atoms with Gasteiger partial charge in [0.15, 0.2) is 0 Å². The fourth-order valence-electron chi connectivity index (χ4n) is 1.67. The Hall–Kier alpha value is -1.63. The maximum Gasteiger partial charge on any atom is 0.0992 e. The molecule has 0 saturated carbocycles. The summed E-state index contributed by atoms with van der Waals surface area (Å²) in [5.74, 6) is 0.734. The fraction of sp³-hybridized carbons (Fsp3) is 0.133. The number of thioether (sulfide) groups is 1. The van der Waals surface area contributed by atoms with Gasteiger partial charge in [-0.3, -0.25) is 0 Å². The molecule has 0 aliphatic heterocycles. The van der Waals surface area contributed by atoms with Crippen molar-refractivity contribution < 1.29 is 0 Å². The summed E-state index contributed by atoms with van der Waals surface area (Å²) >= 11 is 7.80. The zero-order valence-corrected chi connectivity index (χ0v) is 12.1. The van der Waals surface area contributed by atoms with Crippen LogP contribution in [0.15, 0.2) is 41.3 Å². The van der Waals surface area contributed by atoms with Crippen LogP contribution in [0.25, 0.3) is 0 Å². The molecule has 0 unspecified atom stereocenters. The summed E-state index contributed by atoms with van der Waals surface area (Å²) in [5.41, 5.74) is 9.51. The minimum Gasteiger partial charge on any atom is -0.398 e. The van der Waals surface area contributed by atoms with Gasteiger partial charge in [0.1, 0.15) is 0 Å². The van der Waals surface area contributed by atoms with Crippen LogP contribution < -0.4 is 5.73 Å². The van der Waals surface area contributed by atoms with Crippen LogP contribution >= 0.6 is 23.4 Å². The Bertz CT molecular complexity index is 647. The number of aryl methyl sites for hydroxylation is 1. The molecule has 2 nitrogen and oxygen atoms in total. The van der Waals surface area contributed by atoms with Crippen LogP contribution in [-0.2, 0) is 5.75 Å². The van der Waals surface area contributed by atoms with Gasteiger partial charge in [-0.1, -0.05) is 29.8 Å². The van der Waals surface area contributed by atoms with E-state index in [9.17, 15) is 0 Å². The highest BCUT2D eigenvalue weighted by molar-refractivity contribution is 7.98. The van der Waals surface area contributed by atoms with Gasteiger partial charge in [0.05, 0.1) is 11.6 Å². The number of anilines is 1. The summed E-state index contributed by atoms with van der Waals surface area (Å²) in [4.78, 5) is 1.06. The van der Waals surface area contributed by atoms with Gasteiger partial charge < -0.3 is 5.73 Å². The Balaban J connectivity index is 2.15. The number of nitrogens with zero attached hydrogens (tertiary/aromatic N) is 1. The van der Waals surface area contributed by atoms with E-state index in [4.69, 9.17) is 22.6 Å². The van der Waals surface area contributed by atoms with E-state index in [-0.39, 0.29) is 0 Å². The van der Waals surface area contributed by atoms with Crippen molar-refractivity contribution in [3.05, 3.63) is 58.1 Å². The monoisotopic (exact) mass is 288 g/mol. The van der Waals surface area contributed by atoms with Gasteiger partial charge in [-0.25, -0.2) is 0 Å². The highest BCUT2D eigenvalue weighted by Crippen LogP contribution is 2.32. The van der Waals surface area contributed by atoms with Crippen LogP contribution in [0.4, 0.5) is 5.69 Å². The van der Waals surface area contributed by atoms with Crippen LogP contribution in [0, 0.1) is 18.3 Å². The molecule has 0 atom stereocenters. The molecule has 0 spiro atoms. The lowest BCUT2D eigenvalue weighted by Crippen LogP contribution is -1.92. The first-order chi connectivity index (χ1) is 9.11. The van der Waals surface area contributed by atoms with Gasteiger partial charge in [-0.15, -0.1) is 11.8 Å². The van der Waals surface area contributed by atoms with Gasteiger partial charge in [-0.05, 0) is 36.2 Å². The maximum absolute atomic E-state index is 8.80.